The van der Waals surface area contributed by atoms with E-state index in [1.165, 1.54) is 0 Å². The average Bonchev–Trinajstić information content (AvgIpc) is 4.16. The molecule has 4 aliphatic rings. The van der Waals surface area contributed by atoms with Gasteiger partial charge in [0.05, 0.1) is 17.9 Å². The lowest BCUT2D eigenvalue weighted by Gasteiger charge is -2.32. The SMILES string of the molecule is Cn1c(C(=O)N[C@H]2CCCC[C@H]2C(=O)N[C@H](C#N)C2CC2)cc2ccccc21.Cn1c(C(=O)N[C@H]2CCCC[C@H]2C(=O)N[C@H](C(N)=O)C2CC2)cc2ccccc21. The van der Waals surface area contributed by atoms with Gasteiger partial charge in [-0.25, -0.2) is 0 Å². The normalized spacial score (nSPS) is 22.9. The molecule has 2 heterocycles. The van der Waals surface area contributed by atoms with Gasteiger partial charge in [0.25, 0.3) is 11.8 Å². The average molecular weight is 775 g/mol. The summed E-state index contributed by atoms with van der Waals surface area (Å²) >= 11 is 0. The number of nitrogens with two attached hydrogens (primary N) is 1. The highest BCUT2D eigenvalue weighted by Crippen LogP contribution is 2.34. The Morgan fingerprint density at radius 1 is 0.649 bits per heavy atom. The van der Waals surface area contributed by atoms with E-state index in [0.29, 0.717) is 23.7 Å². The number of para-hydroxylation sites is 2. The number of amides is 5. The molecule has 0 spiro atoms. The number of hydrogen-bond donors (Lipinski definition) is 5. The van der Waals surface area contributed by atoms with Crippen molar-refractivity contribution in [3.8, 4) is 6.07 Å². The smallest absolute Gasteiger partial charge is 0.268 e. The molecule has 6 N–H and O–H groups in total. The third-order valence-electron chi connectivity index (χ3n) is 12.4. The lowest BCUT2D eigenvalue weighted by Crippen LogP contribution is -2.53. The Kier molecular flexibility index (Phi) is 12.0. The van der Waals surface area contributed by atoms with Crippen LogP contribution in [0.2, 0.25) is 0 Å². The van der Waals surface area contributed by atoms with Gasteiger partial charge in [-0.05, 0) is 87.5 Å². The summed E-state index contributed by atoms with van der Waals surface area (Å²) in [6.45, 7) is 0. The van der Waals surface area contributed by atoms with Crippen LogP contribution in [0.4, 0.5) is 0 Å². The fraction of sp³-hybridized carbons (Fsp3) is 0.500. The van der Waals surface area contributed by atoms with Crippen molar-refractivity contribution in [2.75, 3.05) is 0 Å². The Morgan fingerprint density at radius 3 is 1.51 bits per heavy atom. The lowest BCUT2D eigenvalue weighted by atomic mass is 9.83. The van der Waals surface area contributed by atoms with Crippen LogP contribution in [0, 0.1) is 35.0 Å². The summed E-state index contributed by atoms with van der Waals surface area (Å²) in [7, 11) is 3.75. The molecule has 13 nitrogen and oxygen atoms in total. The molecule has 0 saturated heterocycles. The van der Waals surface area contributed by atoms with Crippen molar-refractivity contribution in [2.24, 2.45) is 43.5 Å². The maximum Gasteiger partial charge on any atom is 0.268 e. The number of rotatable bonds is 11. The first-order valence-corrected chi connectivity index (χ1v) is 20.5. The highest BCUT2D eigenvalue weighted by Gasteiger charge is 2.40. The number of primary amides is 1. The maximum absolute atomic E-state index is 13.0. The second-order valence-electron chi connectivity index (χ2n) is 16.4. The van der Waals surface area contributed by atoms with Gasteiger partial charge in [-0.1, -0.05) is 62.1 Å². The molecule has 2 aromatic heterocycles. The van der Waals surface area contributed by atoms with Gasteiger partial charge in [-0.2, -0.15) is 5.26 Å². The van der Waals surface area contributed by atoms with Crippen LogP contribution >= 0.6 is 0 Å². The molecule has 4 fully saturated rings. The summed E-state index contributed by atoms with van der Waals surface area (Å²) in [5.41, 5.74) is 8.64. The Hall–Kier alpha value is -5.64. The van der Waals surface area contributed by atoms with E-state index in [1.807, 2.05) is 83.9 Å². The largest absolute Gasteiger partial charge is 0.368 e. The van der Waals surface area contributed by atoms with Gasteiger partial charge in [0.2, 0.25) is 17.7 Å². The summed E-state index contributed by atoms with van der Waals surface area (Å²) in [5, 5.41) is 23.3. The number of carbonyl (C=O) groups is 5. The summed E-state index contributed by atoms with van der Waals surface area (Å²) in [6.07, 6.45) is 10.7. The Bertz CT molecular complexity index is 2190. The van der Waals surface area contributed by atoms with Gasteiger partial charge >= 0.3 is 0 Å². The fourth-order valence-electron chi connectivity index (χ4n) is 8.79. The molecule has 13 heteroatoms. The molecule has 4 aliphatic carbocycles. The third-order valence-corrected chi connectivity index (χ3v) is 12.4. The van der Waals surface area contributed by atoms with E-state index in [4.69, 9.17) is 5.73 Å². The first kappa shape index (κ1) is 39.6. The van der Waals surface area contributed by atoms with Crippen molar-refractivity contribution in [3.63, 3.8) is 0 Å². The van der Waals surface area contributed by atoms with Crippen molar-refractivity contribution in [2.45, 2.75) is 101 Å². The molecule has 57 heavy (non-hydrogen) atoms. The molecule has 300 valence electrons. The van der Waals surface area contributed by atoms with E-state index in [-0.39, 0.29) is 53.5 Å². The topological polar surface area (TPSA) is 193 Å². The third kappa shape index (κ3) is 9.01. The lowest BCUT2D eigenvalue weighted by molar-refractivity contribution is -0.131. The number of nitrogens with one attached hydrogen (secondary N) is 4. The highest BCUT2D eigenvalue weighted by atomic mass is 16.2. The Labute approximate surface area is 333 Å². The fourth-order valence-corrected chi connectivity index (χ4v) is 8.79. The summed E-state index contributed by atoms with van der Waals surface area (Å²) in [5.74, 6) is -1.25. The second-order valence-corrected chi connectivity index (χ2v) is 16.4. The monoisotopic (exact) mass is 774 g/mol. The highest BCUT2D eigenvalue weighted by molar-refractivity contribution is 6.00. The van der Waals surface area contributed by atoms with Gasteiger partial charge in [0.1, 0.15) is 23.5 Å². The van der Waals surface area contributed by atoms with Gasteiger partial charge in [-0.3, -0.25) is 24.0 Å². The van der Waals surface area contributed by atoms with Crippen LogP contribution in [0.5, 0.6) is 0 Å². The number of fused-ring (bicyclic) bond motifs is 2. The molecule has 6 atom stereocenters. The summed E-state index contributed by atoms with van der Waals surface area (Å²) < 4.78 is 3.76. The molecule has 5 amide bonds. The predicted octanol–water partition coefficient (Wildman–Crippen LogP) is 4.73. The predicted molar refractivity (Wildman–Crippen MR) is 216 cm³/mol. The number of hydrogen-bond acceptors (Lipinski definition) is 6. The van der Waals surface area contributed by atoms with Crippen LogP contribution in [-0.4, -0.2) is 62.8 Å². The molecule has 0 aliphatic heterocycles. The minimum absolute atomic E-state index is 0.0968. The van der Waals surface area contributed by atoms with Crippen LogP contribution in [0.3, 0.4) is 0 Å². The number of aromatic nitrogens is 2. The molecule has 4 saturated carbocycles. The van der Waals surface area contributed by atoms with E-state index in [2.05, 4.69) is 27.3 Å². The molecule has 2 aromatic carbocycles. The molecule has 0 bridgehead atoms. The van der Waals surface area contributed by atoms with E-state index in [1.54, 1.807) is 0 Å². The van der Waals surface area contributed by atoms with Crippen molar-refractivity contribution in [1.82, 2.24) is 30.4 Å². The van der Waals surface area contributed by atoms with Crippen LogP contribution < -0.4 is 27.0 Å². The first-order chi connectivity index (χ1) is 27.5. The van der Waals surface area contributed by atoms with Gasteiger partial charge in [-0.15, -0.1) is 0 Å². The van der Waals surface area contributed by atoms with E-state index in [9.17, 15) is 29.2 Å². The number of benzene rings is 2. The Morgan fingerprint density at radius 2 is 1.09 bits per heavy atom. The van der Waals surface area contributed by atoms with Crippen molar-refractivity contribution < 1.29 is 24.0 Å². The number of carbonyl (C=O) groups excluding carboxylic acids is 5. The minimum atomic E-state index is -0.598. The molecule has 0 unspecified atom stereocenters. The van der Waals surface area contributed by atoms with Crippen LogP contribution in [-0.2, 0) is 28.5 Å². The number of aryl methyl sites for hydroxylation is 2. The Balaban J connectivity index is 0.000000174. The molecular formula is C44H54N8O5. The minimum Gasteiger partial charge on any atom is -0.368 e. The zero-order valence-corrected chi connectivity index (χ0v) is 32.8. The van der Waals surface area contributed by atoms with E-state index in [0.717, 1.165) is 92.4 Å². The van der Waals surface area contributed by atoms with E-state index >= 15 is 0 Å². The number of nitrogens with zero attached hydrogens (tertiary/aromatic N) is 3. The second kappa shape index (κ2) is 17.2. The van der Waals surface area contributed by atoms with Crippen LogP contribution in [0.25, 0.3) is 21.8 Å². The molecule has 8 rings (SSSR count). The molecule has 0 radical (unpaired) electrons. The summed E-state index contributed by atoms with van der Waals surface area (Å²) in [4.78, 5) is 63.4. The zero-order chi connectivity index (χ0) is 40.2. The van der Waals surface area contributed by atoms with Crippen LogP contribution in [0.15, 0.2) is 60.7 Å². The van der Waals surface area contributed by atoms with Gasteiger partial charge < -0.3 is 36.1 Å². The van der Waals surface area contributed by atoms with Crippen LogP contribution in [0.1, 0.15) is 98.0 Å². The van der Waals surface area contributed by atoms with Gasteiger partial charge in [0.15, 0.2) is 0 Å². The van der Waals surface area contributed by atoms with Crippen molar-refractivity contribution in [3.05, 3.63) is 72.1 Å². The van der Waals surface area contributed by atoms with Crippen molar-refractivity contribution in [1.29, 1.82) is 5.26 Å². The standard InChI is InChI=1S/C22H28N4O3.C22H26N4O2/c1-26-17-9-5-2-6-14(17)12-18(26)22(29)24-16-8-4-3-7-15(16)21(28)25-19(20(23)27)13-10-11-13;1-26-19-9-5-2-6-15(19)12-20(26)22(28)24-17-8-4-3-7-16(17)21(27)25-18(13-23)14-10-11-14/h2,5-6,9,12-13,15-16,19H,3-4,7-8,10-11H2,1H3,(H2,23,27)(H,24,29)(H,25,28);2,5-6,9,12,14,16-18H,3-4,7-8,10-11H2,1H3,(H,24,28)(H,25,27)/t15-,16+,19+;16-,17+,18-/m11/s1. The quantitative estimate of drug-likeness (QED) is 0.146. The van der Waals surface area contributed by atoms with Gasteiger partial charge in [0, 0.05) is 48.0 Å². The maximum atomic E-state index is 13.0. The zero-order valence-electron chi connectivity index (χ0n) is 32.8. The van der Waals surface area contributed by atoms with E-state index < -0.39 is 18.0 Å². The van der Waals surface area contributed by atoms with Crippen molar-refractivity contribution >= 4 is 51.3 Å². The molecular weight excluding hydrogens is 721 g/mol. The first-order valence-electron chi connectivity index (χ1n) is 20.5. The summed E-state index contributed by atoms with van der Waals surface area (Å²) in [6, 6.07) is 20.3. The molecule has 4 aromatic rings. The number of nitriles is 1.